The molecule has 5 heteroatoms. The fraction of sp³-hybridized carbons (Fsp3) is 0.111. The van der Waals surface area contributed by atoms with Gasteiger partial charge in [-0.1, -0.05) is 18.2 Å². The number of hydrogen-bond donors (Lipinski definition) is 1. The quantitative estimate of drug-likeness (QED) is 0.619. The van der Waals surface area contributed by atoms with Crippen LogP contribution in [0, 0.1) is 0 Å². The Labute approximate surface area is 133 Å². The van der Waals surface area contributed by atoms with Gasteiger partial charge in [0.1, 0.15) is 6.33 Å². The van der Waals surface area contributed by atoms with E-state index in [2.05, 4.69) is 9.97 Å². The van der Waals surface area contributed by atoms with E-state index in [0.29, 0.717) is 5.39 Å². The molecular weight excluding hydrogens is 288 g/mol. The molecular formula is C18H16N4O. The topological polar surface area (TPSA) is 53.9 Å². The number of hydrogen-bond acceptors (Lipinski definition) is 3. The Morgan fingerprint density at radius 1 is 1.13 bits per heavy atom. The lowest BCUT2D eigenvalue weighted by molar-refractivity contribution is 0.965. The van der Waals surface area contributed by atoms with Crippen molar-refractivity contribution >= 4 is 16.6 Å². The second kappa shape index (κ2) is 4.98. The molecule has 2 aromatic rings. The third-order valence-corrected chi connectivity index (χ3v) is 4.05. The molecule has 0 spiro atoms. The summed E-state index contributed by atoms with van der Waals surface area (Å²) in [4.78, 5) is 22.7. The fourth-order valence-electron chi connectivity index (χ4n) is 2.95. The first-order valence-corrected chi connectivity index (χ1v) is 7.41. The van der Waals surface area contributed by atoms with Crippen molar-refractivity contribution in [3.8, 4) is 16.9 Å². The number of nitrogens with zero attached hydrogens (tertiary/aromatic N) is 3. The van der Waals surface area contributed by atoms with Crippen LogP contribution >= 0.6 is 0 Å². The highest BCUT2D eigenvalue weighted by Gasteiger charge is 2.19. The van der Waals surface area contributed by atoms with Crippen molar-refractivity contribution in [1.29, 1.82) is 0 Å². The second-order valence-electron chi connectivity index (χ2n) is 5.71. The van der Waals surface area contributed by atoms with Gasteiger partial charge in [-0.3, -0.25) is 9.36 Å². The molecule has 0 saturated heterocycles. The van der Waals surface area contributed by atoms with Crippen molar-refractivity contribution in [3.05, 3.63) is 65.3 Å². The van der Waals surface area contributed by atoms with Gasteiger partial charge in [0.2, 0.25) is 0 Å². The average molecular weight is 304 g/mol. The largest absolute Gasteiger partial charge is 0.377 e. The van der Waals surface area contributed by atoms with E-state index >= 15 is 0 Å². The van der Waals surface area contributed by atoms with Crippen LogP contribution < -0.4 is 10.5 Å². The number of H-pyrrole nitrogens is 1. The highest BCUT2D eigenvalue weighted by molar-refractivity contribution is 6.03. The van der Waals surface area contributed by atoms with E-state index in [4.69, 9.17) is 0 Å². The Bertz CT molecular complexity index is 1010. The number of fused-ring (bicyclic) bond motifs is 3. The number of aromatic nitrogens is 3. The second-order valence-corrected chi connectivity index (χ2v) is 5.71. The van der Waals surface area contributed by atoms with Crippen molar-refractivity contribution < 1.29 is 0 Å². The van der Waals surface area contributed by atoms with Gasteiger partial charge in [0.15, 0.2) is 0 Å². The standard InChI is InChI=1S/C18H16N4O/c1-21(2)15-8-9-19-14-10-13-17(16(14)15)20-11-22(18(13)23)12-6-4-3-5-7-12/h3-11,19H,1-2H3. The maximum atomic E-state index is 12.9. The first kappa shape index (κ1) is 13.6. The molecule has 1 aromatic carbocycles. The van der Waals surface area contributed by atoms with Crippen LogP contribution in [0.3, 0.4) is 0 Å². The van der Waals surface area contributed by atoms with Crippen molar-refractivity contribution in [2.24, 2.45) is 0 Å². The monoisotopic (exact) mass is 304 g/mol. The maximum Gasteiger partial charge on any atom is 0.265 e. The number of nitrogens with one attached hydrogen (secondary N) is 1. The summed E-state index contributed by atoms with van der Waals surface area (Å²) in [6.45, 7) is 0. The van der Waals surface area contributed by atoms with Gasteiger partial charge >= 0.3 is 0 Å². The zero-order valence-corrected chi connectivity index (χ0v) is 12.9. The summed E-state index contributed by atoms with van der Waals surface area (Å²) in [6.07, 6.45) is 3.48. The predicted octanol–water partition coefficient (Wildman–Crippen LogP) is 2.88. The minimum Gasteiger partial charge on any atom is -0.377 e. The zero-order valence-electron chi connectivity index (χ0n) is 12.9. The van der Waals surface area contributed by atoms with Gasteiger partial charge in [-0.15, -0.1) is 0 Å². The third kappa shape index (κ3) is 2.01. The van der Waals surface area contributed by atoms with Gasteiger partial charge in [-0.25, -0.2) is 4.98 Å². The molecule has 0 fully saturated rings. The van der Waals surface area contributed by atoms with Crippen molar-refractivity contribution in [2.45, 2.75) is 0 Å². The maximum absolute atomic E-state index is 12.9. The summed E-state index contributed by atoms with van der Waals surface area (Å²) in [5.41, 5.74) is 4.42. The Morgan fingerprint density at radius 3 is 2.65 bits per heavy atom. The number of para-hydroxylation sites is 1. The summed E-state index contributed by atoms with van der Waals surface area (Å²) >= 11 is 0. The summed E-state index contributed by atoms with van der Waals surface area (Å²) in [5.74, 6) is 0. The molecule has 0 radical (unpaired) electrons. The van der Waals surface area contributed by atoms with E-state index in [0.717, 1.165) is 28.1 Å². The van der Waals surface area contributed by atoms with Crippen LogP contribution in [-0.2, 0) is 0 Å². The number of benzene rings is 1. The smallest absolute Gasteiger partial charge is 0.265 e. The van der Waals surface area contributed by atoms with Crippen molar-refractivity contribution in [1.82, 2.24) is 14.5 Å². The first-order valence-electron chi connectivity index (χ1n) is 7.41. The van der Waals surface area contributed by atoms with E-state index < -0.39 is 0 Å². The van der Waals surface area contributed by atoms with Gasteiger partial charge in [-0.05, 0) is 24.3 Å². The predicted molar refractivity (Wildman–Crippen MR) is 92.6 cm³/mol. The van der Waals surface area contributed by atoms with Crippen molar-refractivity contribution in [3.63, 3.8) is 0 Å². The van der Waals surface area contributed by atoms with Crippen LogP contribution in [0.2, 0.25) is 0 Å². The summed E-state index contributed by atoms with van der Waals surface area (Å²) in [7, 11) is 3.97. The molecule has 1 N–H and O–H groups in total. The van der Waals surface area contributed by atoms with Gasteiger partial charge < -0.3 is 9.88 Å². The third-order valence-electron chi connectivity index (χ3n) is 4.05. The molecule has 0 saturated carbocycles. The van der Waals surface area contributed by atoms with E-state index in [9.17, 15) is 4.79 Å². The lowest BCUT2D eigenvalue weighted by Crippen LogP contribution is -2.18. The molecule has 0 amide bonds. The molecule has 0 bridgehead atoms. The molecule has 5 nitrogen and oxygen atoms in total. The van der Waals surface area contributed by atoms with Gasteiger partial charge in [-0.2, -0.15) is 0 Å². The fourth-order valence-corrected chi connectivity index (χ4v) is 2.95. The summed E-state index contributed by atoms with van der Waals surface area (Å²) in [6, 6.07) is 13.4. The van der Waals surface area contributed by atoms with Crippen LogP contribution in [0.5, 0.6) is 0 Å². The molecule has 0 atom stereocenters. The lowest BCUT2D eigenvalue weighted by Gasteiger charge is -2.16. The Morgan fingerprint density at radius 2 is 1.91 bits per heavy atom. The van der Waals surface area contributed by atoms with E-state index in [1.807, 2.05) is 67.7 Å². The Hall–Kier alpha value is -3.08. The van der Waals surface area contributed by atoms with Gasteiger partial charge in [0.05, 0.1) is 22.3 Å². The first-order chi connectivity index (χ1) is 11.2. The molecule has 2 aliphatic rings. The summed E-state index contributed by atoms with van der Waals surface area (Å²) < 4.78 is 1.58. The molecule has 1 aliphatic heterocycles. The average Bonchev–Trinajstić information content (AvgIpc) is 2.95. The van der Waals surface area contributed by atoms with Crippen LogP contribution in [-0.4, -0.2) is 28.6 Å². The minimum atomic E-state index is -0.0597. The van der Waals surface area contributed by atoms with E-state index in [-0.39, 0.29) is 5.56 Å². The molecule has 4 rings (SSSR count). The van der Waals surface area contributed by atoms with Crippen LogP contribution in [0.15, 0.2) is 59.8 Å². The highest BCUT2D eigenvalue weighted by Crippen LogP contribution is 2.36. The number of anilines is 1. The van der Waals surface area contributed by atoms with Crippen molar-refractivity contribution in [2.75, 3.05) is 19.0 Å². The summed E-state index contributed by atoms with van der Waals surface area (Å²) in [5, 5.41) is 0.622. The number of rotatable bonds is 2. The number of aromatic amines is 1. The number of pyridine rings is 1. The van der Waals surface area contributed by atoms with E-state index in [1.54, 1.807) is 10.9 Å². The van der Waals surface area contributed by atoms with Gasteiger partial charge in [0, 0.05) is 31.5 Å². The molecule has 2 heterocycles. The van der Waals surface area contributed by atoms with Crippen LogP contribution in [0.1, 0.15) is 0 Å². The Balaban J connectivity index is 2.06. The van der Waals surface area contributed by atoms with Crippen LogP contribution in [0.4, 0.5) is 5.69 Å². The SMILES string of the molecule is CN(C)c1cc[nH]c2cc3c(=O)n(-c4ccccc4)cnc3c1-2. The van der Waals surface area contributed by atoms with Crippen LogP contribution in [0.25, 0.3) is 27.8 Å². The highest BCUT2D eigenvalue weighted by atomic mass is 16.1. The molecule has 1 aliphatic carbocycles. The molecule has 1 aromatic heterocycles. The zero-order chi connectivity index (χ0) is 16.0. The van der Waals surface area contributed by atoms with E-state index in [1.165, 1.54) is 0 Å². The Kier molecular flexibility index (Phi) is 2.94. The van der Waals surface area contributed by atoms with Gasteiger partial charge in [0.25, 0.3) is 5.56 Å². The molecule has 114 valence electrons. The molecule has 23 heavy (non-hydrogen) atoms. The normalized spacial score (nSPS) is 11.2. The molecule has 0 unspecified atom stereocenters. The lowest BCUT2D eigenvalue weighted by atomic mass is 10.1. The minimum absolute atomic E-state index is 0.0597.